The third kappa shape index (κ3) is 4.60. The molecule has 0 aromatic heterocycles. The van der Waals surface area contributed by atoms with Crippen LogP contribution in [0.3, 0.4) is 0 Å². The van der Waals surface area contributed by atoms with Gasteiger partial charge in [0.15, 0.2) is 0 Å². The maximum Gasteiger partial charge on any atom is 0.224 e. The number of hydrogen-bond donors (Lipinski definition) is 2. The molecule has 1 aromatic carbocycles. The Labute approximate surface area is 149 Å². The van der Waals surface area contributed by atoms with Gasteiger partial charge in [-0.15, -0.1) is 0 Å². The lowest BCUT2D eigenvalue weighted by atomic mass is 9.71. The lowest BCUT2D eigenvalue weighted by molar-refractivity contribution is -0.128. The third-order valence-corrected chi connectivity index (χ3v) is 5.50. The van der Waals surface area contributed by atoms with Crippen LogP contribution in [0.5, 0.6) is 0 Å². The van der Waals surface area contributed by atoms with E-state index in [2.05, 4.69) is 10.6 Å². The number of hydrogen-bond acceptors (Lipinski definition) is 3. The van der Waals surface area contributed by atoms with Crippen molar-refractivity contribution in [1.82, 2.24) is 10.6 Å². The van der Waals surface area contributed by atoms with Crippen molar-refractivity contribution in [2.45, 2.75) is 51.1 Å². The Morgan fingerprint density at radius 2 is 2.20 bits per heavy atom. The fourth-order valence-corrected chi connectivity index (χ4v) is 4.39. The van der Waals surface area contributed by atoms with Crippen LogP contribution < -0.4 is 10.6 Å². The van der Waals surface area contributed by atoms with Gasteiger partial charge in [0.2, 0.25) is 11.8 Å². The summed E-state index contributed by atoms with van der Waals surface area (Å²) in [6, 6.07) is 8.34. The van der Waals surface area contributed by atoms with E-state index in [0.29, 0.717) is 31.3 Å². The molecule has 2 amide bonds. The highest BCUT2D eigenvalue weighted by Crippen LogP contribution is 2.35. The number of piperidine rings is 1. The SMILES string of the molecule is COCC1CC(=O)NC2CC(NC(=O)Cc3cccc(C)c3)CCC12. The molecule has 4 unspecified atom stereocenters. The van der Waals surface area contributed by atoms with E-state index in [9.17, 15) is 9.59 Å². The first-order valence-electron chi connectivity index (χ1n) is 9.18. The number of fused-ring (bicyclic) bond motifs is 1. The van der Waals surface area contributed by atoms with Gasteiger partial charge in [-0.3, -0.25) is 9.59 Å². The van der Waals surface area contributed by atoms with Crippen LogP contribution in [-0.2, 0) is 20.7 Å². The van der Waals surface area contributed by atoms with Gasteiger partial charge in [0, 0.05) is 32.2 Å². The molecule has 1 aliphatic heterocycles. The van der Waals surface area contributed by atoms with Crippen LogP contribution >= 0.6 is 0 Å². The Kier molecular flexibility index (Phi) is 5.74. The van der Waals surface area contributed by atoms with Gasteiger partial charge in [-0.1, -0.05) is 29.8 Å². The molecule has 5 heteroatoms. The van der Waals surface area contributed by atoms with Crippen molar-refractivity contribution in [1.29, 1.82) is 0 Å². The summed E-state index contributed by atoms with van der Waals surface area (Å²) in [7, 11) is 1.69. The number of aryl methyl sites for hydroxylation is 1. The van der Waals surface area contributed by atoms with Crippen molar-refractivity contribution < 1.29 is 14.3 Å². The van der Waals surface area contributed by atoms with Crippen molar-refractivity contribution in [2.75, 3.05) is 13.7 Å². The quantitative estimate of drug-likeness (QED) is 0.858. The monoisotopic (exact) mass is 344 g/mol. The first-order chi connectivity index (χ1) is 12.0. The Hall–Kier alpha value is -1.88. The zero-order chi connectivity index (χ0) is 17.8. The Balaban J connectivity index is 1.55. The first-order valence-corrected chi connectivity index (χ1v) is 9.18. The van der Waals surface area contributed by atoms with E-state index in [1.807, 2.05) is 31.2 Å². The van der Waals surface area contributed by atoms with Crippen LogP contribution in [0.4, 0.5) is 0 Å². The number of ether oxygens (including phenoxy) is 1. The molecule has 1 aromatic rings. The molecule has 1 aliphatic carbocycles. The topological polar surface area (TPSA) is 67.4 Å². The van der Waals surface area contributed by atoms with E-state index in [4.69, 9.17) is 4.74 Å². The van der Waals surface area contributed by atoms with Gasteiger partial charge < -0.3 is 15.4 Å². The second kappa shape index (κ2) is 8.00. The minimum absolute atomic E-state index is 0.0598. The average Bonchev–Trinajstić information content (AvgIpc) is 2.54. The van der Waals surface area contributed by atoms with Gasteiger partial charge in [0.1, 0.15) is 0 Å². The van der Waals surface area contributed by atoms with Crippen LogP contribution in [0.1, 0.15) is 36.8 Å². The zero-order valence-electron chi connectivity index (χ0n) is 15.1. The normalized spacial score (nSPS) is 28.8. The van der Waals surface area contributed by atoms with Gasteiger partial charge in [0.05, 0.1) is 6.42 Å². The van der Waals surface area contributed by atoms with E-state index in [1.165, 1.54) is 5.56 Å². The highest BCUT2D eigenvalue weighted by molar-refractivity contribution is 5.79. The molecule has 0 radical (unpaired) electrons. The maximum absolute atomic E-state index is 12.4. The van der Waals surface area contributed by atoms with E-state index in [0.717, 1.165) is 24.8 Å². The van der Waals surface area contributed by atoms with Crippen molar-refractivity contribution >= 4 is 11.8 Å². The summed E-state index contributed by atoms with van der Waals surface area (Å²) in [5, 5.41) is 6.28. The minimum atomic E-state index is 0.0598. The Bertz CT molecular complexity index is 631. The molecule has 1 saturated carbocycles. The van der Waals surface area contributed by atoms with E-state index < -0.39 is 0 Å². The molecule has 2 aliphatic rings. The Morgan fingerprint density at radius 1 is 1.36 bits per heavy atom. The number of rotatable bonds is 5. The fourth-order valence-electron chi connectivity index (χ4n) is 4.39. The fraction of sp³-hybridized carbons (Fsp3) is 0.600. The van der Waals surface area contributed by atoms with Gasteiger partial charge >= 0.3 is 0 Å². The smallest absolute Gasteiger partial charge is 0.224 e. The van der Waals surface area contributed by atoms with E-state index in [1.54, 1.807) is 7.11 Å². The summed E-state index contributed by atoms with van der Waals surface area (Å²) < 4.78 is 5.30. The number of amides is 2. The molecular formula is C20H28N2O3. The predicted molar refractivity (Wildman–Crippen MR) is 96.1 cm³/mol. The van der Waals surface area contributed by atoms with Gasteiger partial charge in [-0.25, -0.2) is 0 Å². The Morgan fingerprint density at radius 3 is 2.96 bits per heavy atom. The molecule has 25 heavy (non-hydrogen) atoms. The average molecular weight is 344 g/mol. The summed E-state index contributed by atoms with van der Waals surface area (Å²) in [5.41, 5.74) is 2.21. The minimum Gasteiger partial charge on any atom is -0.384 e. The molecule has 5 nitrogen and oxygen atoms in total. The molecule has 3 rings (SSSR count). The van der Waals surface area contributed by atoms with Gasteiger partial charge in [-0.05, 0) is 43.6 Å². The first kappa shape index (κ1) is 17.9. The molecule has 4 atom stereocenters. The van der Waals surface area contributed by atoms with Gasteiger partial charge in [-0.2, -0.15) is 0 Å². The van der Waals surface area contributed by atoms with Crippen molar-refractivity contribution in [3.8, 4) is 0 Å². The zero-order valence-corrected chi connectivity index (χ0v) is 15.1. The van der Waals surface area contributed by atoms with Crippen LogP contribution in [0, 0.1) is 18.8 Å². The third-order valence-electron chi connectivity index (χ3n) is 5.50. The summed E-state index contributed by atoms with van der Waals surface area (Å²) in [6.45, 7) is 2.67. The van der Waals surface area contributed by atoms with Crippen LogP contribution in [-0.4, -0.2) is 37.6 Å². The molecule has 2 fully saturated rings. The largest absolute Gasteiger partial charge is 0.384 e. The summed E-state index contributed by atoms with van der Waals surface area (Å²) in [6.07, 6.45) is 3.77. The molecule has 2 N–H and O–H groups in total. The molecule has 136 valence electrons. The second-order valence-electron chi connectivity index (χ2n) is 7.50. The molecular weight excluding hydrogens is 316 g/mol. The van der Waals surface area contributed by atoms with E-state index >= 15 is 0 Å². The number of nitrogens with one attached hydrogen (secondary N) is 2. The highest BCUT2D eigenvalue weighted by Gasteiger charge is 2.40. The number of benzene rings is 1. The van der Waals surface area contributed by atoms with Crippen LogP contribution in [0.25, 0.3) is 0 Å². The summed E-state index contributed by atoms with van der Waals surface area (Å²) in [4.78, 5) is 24.3. The van der Waals surface area contributed by atoms with E-state index in [-0.39, 0.29) is 23.9 Å². The molecule has 0 spiro atoms. The predicted octanol–water partition coefficient (Wildman–Crippen LogP) is 1.97. The second-order valence-corrected chi connectivity index (χ2v) is 7.50. The maximum atomic E-state index is 12.4. The summed E-state index contributed by atoms with van der Waals surface area (Å²) in [5.74, 6) is 0.926. The highest BCUT2D eigenvalue weighted by atomic mass is 16.5. The number of methoxy groups -OCH3 is 1. The number of carbonyl (C=O) groups is 2. The van der Waals surface area contributed by atoms with Crippen LogP contribution in [0.15, 0.2) is 24.3 Å². The van der Waals surface area contributed by atoms with Crippen molar-refractivity contribution in [3.63, 3.8) is 0 Å². The van der Waals surface area contributed by atoms with Gasteiger partial charge in [0.25, 0.3) is 0 Å². The lowest BCUT2D eigenvalue weighted by Crippen LogP contribution is -2.56. The standard InChI is InChI=1S/C20H28N2O3/c1-13-4-3-5-14(8-13)9-19(23)21-16-6-7-17-15(12-25-2)10-20(24)22-18(17)11-16/h3-5,8,15-18H,6-7,9-12H2,1-2H3,(H,21,23)(H,22,24). The molecule has 1 saturated heterocycles. The summed E-state index contributed by atoms with van der Waals surface area (Å²) >= 11 is 0. The van der Waals surface area contributed by atoms with Crippen molar-refractivity contribution in [3.05, 3.63) is 35.4 Å². The lowest BCUT2D eigenvalue weighted by Gasteiger charge is -2.43. The van der Waals surface area contributed by atoms with Crippen molar-refractivity contribution in [2.24, 2.45) is 11.8 Å². The number of carbonyl (C=O) groups excluding carboxylic acids is 2. The van der Waals surface area contributed by atoms with Crippen LogP contribution in [0.2, 0.25) is 0 Å². The molecule has 0 bridgehead atoms. The molecule has 1 heterocycles.